The zero-order valence-electron chi connectivity index (χ0n) is 15.6. The zero-order chi connectivity index (χ0) is 20.4. The van der Waals surface area contributed by atoms with Gasteiger partial charge in [-0.15, -0.1) is 0 Å². The van der Waals surface area contributed by atoms with E-state index < -0.39 is 16.1 Å². The third-order valence-corrected chi connectivity index (χ3v) is 7.17. The van der Waals surface area contributed by atoms with Gasteiger partial charge < -0.3 is 14.8 Å². The molecule has 0 aliphatic carbocycles. The minimum atomic E-state index is -3.77. The minimum absolute atomic E-state index is 0.127. The van der Waals surface area contributed by atoms with Crippen LogP contribution in [0.3, 0.4) is 0 Å². The largest absolute Gasteiger partial charge is 0.486 e. The molecule has 2 aromatic carbocycles. The molecule has 1 N–H and O–H groups in total. The lowest BCUT2D eigenvalue weighted by Gasteiger charge is -2.28. The van der Waals surface area contributed by atoms with Crippen LogP contribution in [0.4, 0.5) is 0 Å². The topological polar surface area (TPSA) is 84.9 Å². The Kier molecular flexibility index (Phi) is 5.67. The lowest BCUT2D eigenvalue weighted by atomic mass is 10.2. The van der Waals surface area contributed by atoms with Crippen LogP contribution in [0.2, 0.25) is 5.02 Å². The highest BCUT2D eigenvalue weighted by Crippen LogP contribution is 2.31. The molecule has 0 bridgehead atoms. The fraction of sp³-hybridized carbons (Fsp3) is 0.350. The Labute approximate surface area is 174 Å². The van der Waals surface area contributed by atoms with E-state index in [1.807, 2.05) is 18.2 Å². The van der Waals surface area contributed by atoms with E-state index in [-0.39, 0.29) is 23.5 Å². The Morgan fingerprint density at radius 3 is 2.62 bits per heavy atom. The molecule has 0 spiro atoms. The first-order chi connectivity index (χ1) is 13.9. The molecule has 2 aromatic rings. The maximum Gasteiger partial charge on any atom is 0.243 e. The molecule has 1 saturated heterocycles. The van der Waals surface area contributed by atoms with Crippen molar-refractivity contribution in [3.05, 3.63) is 53.6 Å². The van der Waals surface area contributed by atoms with E-state index in [1.54, 1.807) is 6.07 Å². The summed E-state index contributed by atoms with van der Waals surface area (Å²) in [5, 5.41) is 3.27. The number of para-hydroxylation sites is 2. The first kappa shape index (κ1) is 20.0. The maximum absolute atomic E-state index is 13.0. The van der Waals surface area contributed by atoms with Gasteiger partial charge in [-0.25, -0.2) is 8.42 Å². The van der Waals surface area contributed by atoms with Crippen molar-refractivity contribution >= 4 is 27.5 Å². The average Bonchev–Trinajstić information content (AvgIpc) is 3.23. The van der Waals surface area contributed by atoms with Gasteiger partial charge in [-0.05, 0) is 49.2 Å². The molecular formula is C20H21ClN2O5S. The normalized spacial score (nSPS) is 21.7. The van der Waals surface area contributed by atoms with Crippen molar-refractivity contribution < 1.29 is 22.7 Å². The van der Waals surface area contributed by atoms with Crippen LogP contribution in [0.1, 0.15) is 12.8 Å². The third-order valence-electron chi connectivity index (χ3n) is 5.00. The van der Waals surface area contributed by atoms with Crippen LogP contribution in [0.5, 0.6) is 11.5 Å². The van der Waals surface area contributed by atoms with Gasteiger partial charge in [0.1, 0.15) is 18.8 Å². The van der Waals surface area contributed by atoms with Crippen molar-refractivity contribution in [2.24, 2.45) is 0 Å². The zero-order valence-corrected chi connectivity index (χ0v) is 17.2. The van der Waals surface area contributed by atoms with E-state index in [4.69, 9.17) is 21.1 Å². The minimum Gasteiger partial charge on any atom is -0.486 e. The number of carbonyl (C=O) groups is 1. The van der Waals surface area contributed by atoms with Gasteiger partial charge in [-0.1, -0.05) is 23.7 Å². The smallest absolute Gasteiger partial charge is 0.243 e. The second kappa shape index (κ2) is 8.22. The summed E-state index contributed by atoms with van der Waals surface area (Å²) in [6.45, 7) is 0.854. The molecule has 0 radical (unpaired) electrons. The highest BCUT2D eigenvalue weighted by Gasteiger charge is 2.39. The van der Waals surface area contributed by atoms with Gasteiger partial charge in [0, 0.05) is 11.6 Å². The first-order valence-electron chi connectivity index (χ1n) is 9.39. The van der Waals surface area contributed by atoms with E-state index in [2.05, 4.69) is 5.32 Å². The van der Waals surface area contributed by atoms with Gasteiger partial charge in [-0.3, -0.25) is 4.79 Å². The number of carbonyl (C=O) groups excluding carboxylic acids is 1. The molecular weight excluding hydrogens is 416 g/mol. The van der Waals surface area contributed by atoms with Crippen LogP contribution < -0.4 is 14.8 Å². The summed E-state index contributed by atoms with van der Waals surface area (Å²) < 4.78 is 38.7. The van der Waals surface area contributed by atoms with Crippen LogP contribution in [0, 0.1) is 0 Å². The van der Waals surface area contributed by atoms with E-state index in [1.165, 1.54) is 28.6 Å². The number of hydrogen-bond acceptors (Lipinski definition) is 5. The second-order valence-electron chi connectivity index (χ2n) is 6.97. The highest BCUT2D eigenvalue weighted by atomic mass is 35.5. The number of ether oxygens (including phenoxy) is 2. The molecule has 2 atom stereocenters. The van der Waals surface area contributed by atoms with Gasteiger partial charge in [0.2, 0.25) is 15.9 Å². The molecule has 2 unspecified atom stereocenters. The molecule has 2 aliphatic rings. The van der Waals surface area contributed by atoms with E-state index in [9.17, 15) is 13.2 Å². The van der Waals surface area contributed by atoms with E-state index >= 15 is 0 Å². The van der Waals surface area contributed by atoms with Crippen LogP contribution in [0.25, 0.3) is 0 Å². The van der Waals surface area contributed by atoms with Crippen LogP contribution in [-0.2, 0) is 14.8 Å². The summed E-state index contributed by atoms with van der Waals surface area (Å²) in [4.78, 5) is 12.9. The number of sulfonamides is 1. The van der Waals surface area contributed by atoms with Crippen molar-refractivity contribution in [1.29, 1.82) is 0 Å². The molecule has 154 valence electrons. The van der Waals surface area contributed by atoms with E-state index in [0.717, 1.165) is 0 Å². The van der Waals surface area contributed by atoms with Gasteiger partial charge in [0.25, 0.3) is 0 Å². The van der Waals surface area contributed by atoms with E-state index in [0.29, 0.717) is 42.5 Å². The molecule has 7 nitrogen and oxygen atoms in total. The highest BCUT2D eigenvalue weighted by molar-refractivity contribution is 7.89. The summed E-state index contributed by atoms with van der Waals surface area (Å²) in [6.07, 6.45) is 0.766. The Balaban J connectivity index is 1.40. The lowest BCUT2D eigenvalue weighted by molar-refractivity contribution is -0.124. The number of halogens is 1. The molecule has 29 heavy (non-hydrogen) atoms. The number of amides is 1. The van der Waals surface area contributed by atoms with Gasteiger partial charge in [0.05, 0.1) is 11.4 Å². The van der Waals surface area contributed by atoms with Crippen molar-refractivity contribution in [3.63, 3.8) is 0 Å². The Hall–Kier alpha value is -2.29. The second-order valence-corrected chi connectivity index (χ2v) is 9.30. The Bertz CT molecular complexity index is 996. The fourth-order valence-electron chi connectivity index (χ4n) is 3.53. The van der Waals surface area contributed by atoms with Crippen LogP contribution in [0.15, 0.2) is 53.4 Å². The SMILES string of the molecule is O=C(NCC1COc2ccccc2O1)C1CCCN1S(=O)(=O)c1ccc(Cl)cc1. The summed E-state index contributed by atoms with van der Waals surface area (Å²) in [7, 11) is -3.77. The van der Waals surface area contributed by atoms with Crippen molar-refractivity contribution in [2.45, 2.75) is 29.9 Å². The molecule has 2 heterocycles. The van der Waals surface area contributed by atoms with Crippen LogP contribution >= 0.6 is 11.6 Å². The Morgan fingerprint density at radius 1 is 1.14 bits per heavy atom. The number of rotatable bonds is 5. The Morgan fingerprint density at radius 2 is 1.86 bits per heavy atom. The van der Waals surface area contributed by atoms with Crippen molar-refractivity contribution in [1.82, 2.24) is 9.62 Å². The summed E-state index contributed by atoms with van der Waals surface area (Å²) in [5.41, 5.74) is 0. The number of fused-ring (bicyclic) bond motifs is 1. The van der Waals surface area contributed by atoms with Crippen molar-refractivity contribution in [3.8, 4) is 11.5 Å². The van der Waals surface area contributed by atoms with Gasteiger partial charge in [0.15, 0.2) is 11.5 Å². The number of nitrogens with zero attached hydrogens (tertiary/aromatic N) is 1. The number of hydrogen-bond donors (Lipinski definition) is 1. The molecule has 0 saturated carbocycles. The number of benzene rings is 2. The summed E-state index contributed by atoms with van der Waals surface area (Å²) >= 11 is 5.85. The first-order valence-corrected chi connectivity index (χ1v) is 11.2. The summed E-state index contributed by atoms with van der Waals surface area (Å²) in [6, 6.07) is 12.6. The molecule has 1 amide bonds. The molecule has 1 fully saturated rings. The van der Waals surface area contributed by atoms with Gasteiger partial charge >= 0.3 is 0 Å². The average molecular weight is 437 g/mol. The van der Waals surface area contributed by atoms with Crippen molar-refractivity contribution in [2.75, 3.05) is 19.7 Å². The lowest BCUT2D eigenvalue weighted by Crippen LogP contribution is -2.49. The van der Waals surface area contributed by atoms with Gasteiger partial charge in [-0.2, -0.15) is 4.31 Å². The predicted molar refractivity (Wildman–Crippen MR) is 108 cm³/mol. The van der Waals surface area contributed by atoms with Crippen LogP contribution in [-0.4, -0.2) is 50.5 Å². The number of nitrogens with one attached hydrogen (secondary N) is 1. The molecule has 2 aliphatic heterocycles. The monoisotopic (exact) mass is 436 g/mol. The predicted octanol–water partition coefficient (Wildman–Crippen LogP) is 2.45. The quantitative estimate of drug-likeness (QED) is 0.778. The summed E-state index contributed by atoms with van der Waals surface area (Å²) in [5.74, 6) is 0.972. The fourth-order valence-corrected chi connectivity index (χ4v) is 5.31. The molecule has 4 rings (SSSR count). The maximum atomic E-state index is 13.0. The standard InChI is InChI=1S/C20H21ClN2O5S/c21-14-7-9-16(10-8-14)29(25,26)23-11-3-4-17(23)20(24)22-12-15-13-27-18-5-1-2-6-19(18)28-15/h1-2,5-10,15,17H,3-4,11-13H2,(H,22,24). The molecule has 0 aromatic heterocycles. The third kappa shape index (κ3) is 4.19. The molecule has 9 heteroatoms.